The second-order valence-electron chi connectivity index (χ2n) is 4.87. The summed E-state index contributed by atoms with van der Waals surface area (Å²) in [6.45, 7) is 4.65. The highest BCUT2D eigenvalue weighted by molar-refractivity contribution is 9.10. The molecule has 0 aromatic heterocycles. The van der Waals surface area contributed by atoms with Crippen molar-refractivity contribution in [2.45, 2.75) is 26.3 Å². The van der Waals surface area contributed by atoms with E-state index in [1.807, 2.05) is 30.3 Å². The van der Waals surface area contributed by atoms with Crippen LogP contribution in [0.5, 0.6) is 11.5 Å². The lowest BCUT2D eigenvalue weighted by atomic mass is 10.0. The molecule has 0 atom stereocenters. The fourth-order valence-electron chi connectivity index (χ4n) is 2.00. The van der Waals surface area contributed by atoms with Gasteiger partial charge in [-0.05, 0) is 35.7 Å². The Hall–Kier alpha value is -1.03. The first-order valence-corrected chi connectivity index (χ1v) is 7.64. The molecule has 106 valence electrons. The number of ether oxygens (including phenoxy) is 1. The van der Waals surface area contributed by atoms with Crippen LogP contribution in [0, 0.1) is 0 Å². The van der Waals surface area contributed by atoms with E-state index in [0.29, 0.717) is 23.2 Å². The molecule has 0 spiro atoms. The van der Waals surface area contributed by atoms with Crippen LogP contribution >= 0.6 is 27.5 Å². The number of para-hydroxylation sites is 1. The van der Waals surface area contributed by atoms with E-state index >= 15 is 0 Å². The Kier molecular flexibility index (Phi) is 5.08. The first kappa shape index (κ1) is 15.4. The Balaban J connectivity index is 2.45. The summed E-state index contributed by atoms with van der Waals surface area (Å²) in [7, 11) is 0. The molecule has 0 radical (unpaired) electrons. The lowest BCUT2D eigenvalue weighted by molar-refractivity contribution is 0.467. The second kappa shape index (κ2) is 6.61. The van der Waals surface area contributed by atoms with Gasteiger partial charge < -0.3 is 10.5 Å². The summed E-state index contributed by atoms with van der Waals surface area (Å²) in [5.41, 5.74) is 7.77. The first-order chi connectivity index (χ1) is 9.52. The molecule has 0 aliphatic carbocycles. The van der Waals surface area contributed by atoms with Crippen LogP contribution < -0.4 is 10.5 Å². The SMILES string of the molecule is CC(C)c1cc(Br)ccc1Oc1c(Cl)cccc1CN. The molecular formula is C16H17BrClNO. The van der Waals surface area contributed by atoms with Gasteiger partial charge in [-0.3, -0.25) is 0 Å². The zero-order valence-electron chi connectivity index (χ0n) is 11.5. The van der Waals surface area contributed by atoms with Crippen molar-refractivity contribution in [2.75, 3.05) is 0 Å². The summed E-state index contributed by atoms with van der Waals surface area (Å²) in [6, 6.07) is 11.6. The lowest BCUT2D eigenvalue weighted by Gasteiger charge is -2.17. The molecule has 0 heterocycles. The molecule has 0 aliphatic rings. The summed E-state index contributed by atoms with van der Waals surface area (Å²) < 4.78 is 7.08. The van der Waals surface area contributed by atoms with Crippen LogP contribution in [0.2, 0.25) is 5.02 Å². The Morgan fingerprint density at radius 3 is 2.65 bits per heavy atom. The van der Waals surface area contributed by atoms with Crippen LogP contribution in [0.15, 0.2) is 40.9 Å². The molecule has 2 nitrogen and oxygen atoms in total. The molecule has 2 aromatic carbocycles. The Bertz CT molecular complexity index is 613. The predicted octanol–water partition coefficient (Wildman–Crippen LogP) is 5.48. The van der Waals surface area contributed by atoms with E-state index in [4.69, 9.17) is 22.1 Å². The molecule has 0 bridgehead atoms. The zero-order valence-corrected chi connectivity index (χ0v) is 13.8. The summed E-state index contributed by atoms with van der Waals surface area (Å²) in [5, 5.41) is 0.575. The van der Waals surface area contributed by atoms with E-state index in [-0.39, 0.29) is 0 Å². The van der Waals surface area contributed by atoms with Crippen molar-refractivity contribution in [3.8, 4) is 11.5 Å². The van der Waals surface area contributed by atoms with E-state index in [1.54, 1.807) is 0 Å². The molecule has 4 heteroatoms. The first-order valence-electron chi connectivity index (χ1n) is 6.47. The van der Waals surface area contributed by atoms with Crippen LogP contribution in [0.1, 0.15) is 30.9 Å². The summed E-state index contributed by atoms with van der Waals surface area (Å²) in [4.78, 5) is 0. The van der Waals surface area contributed by atoms with E-state index in [1.165, 1.54) is 0 Å². The van der Waals surface area contributed by atoms with Gasteiger partial charge in [0.2, 0.25) is 0 Å². The van der Waals surface area contributed by atoms with Crippen molar-refractivity contribution >= 4 is 27.5 Å². The minimum absolute atomic E-state index is 0.353. The van der Waals surface area contributed by atoms with Crippen molar-refractivity contribution in [2.24, 2.45) is 5.73 Å². The van der Waals surface area contributed by atoms with Crippen LogP contribution in [0.3, 0.4) is 0 Å². The van der Waals surface area contributed by atoms with Crippen molar-refractivity contribution in [1.82, 2.24) is 0 Å². The van der Waals surface area contributed by atoms with Gasteiger partial charge >= 0.3 is 0 Å². The second-order valence-corrected chi connectivity index (χ2v) is 6.19. The molecule has 0 amide bonds. The van der Waals surface area contributed by atoms with Crippen molar-refractivity contribution in [3.63, 3.8) is 0 Å². The highest BCUT2D eigenvalue weighted by Crippen LogP contribution is 2.37. The summed E-state index contributed by atoms with van der Waals surface area (Å²) in [5.74, 6) is 1.80. The molecule has 2 N–H and O–H groups in total. The maximum Gasteiger partial charge on any atom is 0.150 e. The zero-order chi connectivity index (χ0) is 14.7. The molecule has 2 rings (SSSR count). The van der Waals surface area contributed by atoms with Crippen molar-refractivity contribution in [3.05, 3.63) is 57.0 Å². The number of hydrogen-bond acceptors (Lipinski definition) is 2. The third kappa shape index (κ3) is 3.35. The number of hydrogen-bond donors (Lipinski definition) is 1. The monoisotopic (exact) mass is 353 g/mol. The number of nitrogens with two attached hydrogens (primary N) is 1. The predicted molar refractivity (Wildman–Crippen MR) is 87.6 cm³/mol. The number of halogens is 2. The Labute approximate surface area is 133 Å². The van der Waals surface area contributed by atoms with Gasteiger partial charge in [-0.2, -0.15) is 0 Å². The van der Waals surface area contributed by atoms with Crippen molar-refractivity contribution in [1.29, 1.82) is 0 Å². The fraction of sp³-hybridized carbons (Fsp3) is 0.250. The molecular weight excluding hydrogens is 338 g/mol. The van der Waals surface area contributed by atoms with Gasteiger partial charge in [0.15, 0.2) is 0 Å². The minimum atomic E-state index is 0.353. The topological polar surface area (TPSA) is 35.2 Å². The van der Waals surface area contributed by atoms with E-state index in [0.717, 1.165) is 21.3 Å². The van der Waals surface area contributed by atoms with Crippen LogP contribution in [-0.4, -0.2) is 0 Å². The van der Waals surface area contributed by atoms with Gasteiger partial charge in [0.05, 0.1) is 5.02 Å². The Morgan fingerprint density at radius 2 is 2.00 bits per heavy atom. The van der Waals surface area contributed by atoms with Gasteiger partial charge in [0.25, 0.3) is 0 Å². The maximum absolute atomic E-state index is 6.23. The smallest absolute Gasteiger partial charge is 0.150 e. The molecule has 2 aromatic rings. The molecule has 0 aliphatic heterocycles. The summed E-state index contributed by atoms with van der Waals surface area (Å²) in [6.07, 6.45) is 0. The molecule has 0 saturated carbocycles. The van der Waals surface area contributed by atoms with Crippen LogP contribution in [-0.2, 0) is 6.54 Å². The third-order valence-electron chi connectivity index (χ3n) is 3.07. The quantitative estimate of drug-likeness (QED) is 0.789. The van der Waals surface area contributed by atoms with E-state index < -0.39 is 0 Å². The van der Waals surface area contributed by atoms with Crippen LogP contribution in [0.4, 0.5) is 0 Å². The van der Waals surface area contributed by atoms with Crippen molar-refractivity contribution < 1.29 is 4.74 Å². The number of rotatable bonds is 4. The largest absolute Gasteiger partial charge is 0.455 e. The molecule has 0 fully saturated rings. The number of benzene rings is 2. The van der Waals surface area contributed by atoms with E-state index in [2.05, 4.69) is 35.8 Å². The average molecular weight is 355 g/mol. The molecule has 0 saturated heterocycles. The Morgan fingerprint density at radius 1 is 1.25 bits per heavy atom. The van der Waals surface area contributed by atoms with Gasteiger partial charge in [-0.15, -0.1) is 0 Å². The van der Waals surface area contributed by atoms with Gasteiger partial charge in [0, 0.05) is 16.6 Å². The standard InChI is InChI=1S/C16H17BrClNO/c1-10(2)13-8-12(17)6-7-15(13)20-16-11(9-19)4-3-5-14(16)18/h3-8,10H,9,19H2,1-2H3. The minimum Gasteiger partial charge on any atom is -0.455 e. The molecule has 20 heavy (non-hydrogen) atoms. The third-order valence-corrected chi connectivity index (χ3v) is 3.87. The lowest BCUT2D eigenvalue weighted by Crippen LogP contribution is -2.01. The summed E-state index contributed by atoms with van der Waals surface area (Å²) >= 11 is 9.72. The van der Waals surface area contributed by atoms with E-state index in [9.17, 15) is 0 Å². The normalized spacial score (nSPS) is 10.9. The molecule has 0 unspecified atom stereocenters. The highest BCUT2D eigenvalue weighted by atomic mass is 79.9. The van der Waals surface area contributed by atoms with Crippen LogP contribution in [0.25, 0.3) is 0 Å². The van der Waals surface area contributed by atoms with Gasteiger partial charge in [-0.1, -0.05) is 53.5 Å². The van der Waals surface area contributed by atoms with Gasteiger partial charge in [-0.25, -0.2) is 0 Å². The van der Waals surface area contributed by atoms with Gasteiger partial charge in [0.1, 0.15) is 11.5 Å². The highest BCUT2D eigenvalue weighted by Gasteiger charge is 2.13. The fourth-order valence-corrected chi connectivity index (χ4v) is 2.61. The maximum atomic E-state index is 6.23. The average Bonchev–Trinajstić information content (AvgIpc) is 2.42.